The van der Waals surface area contributed by atoms with Gasteiger partial charge in [0, 0.05) is 50.7 Å². The van der Waals surface area contributed by atoms with Crippen LogP contribution < -0.4 is 5.32 Å². The minimum absolute atomic E-state index is 0.0403. The van der Waals surface area contributed by atoms with Crippen LogP contribution >= 0.6 is 11.3 Å². The van der Waals surface area contributed by atoms with E-state index in [0.717, 1.165) is 66.7 Å². The van der Waals surface area contributed by atoms with Crippen LogP contribution in [-0.4, -0.2) is 52.8 Å². The number of rotatable bonds is 5. The molecule has 2 aromatic rings. The predicted molar refractivity (Wildman–Crippen MR) is 113 cm³/mol. The van der Waals surface area contributed by atoms with Gasteiger partial charge in [-0.2, -0.15) is 0 Å². The van der Waals surface area contributed by atoms with Crippen LogP contribution in [0.1, 0.15) is 35.2 Å². The first-order valence-electron chi connectivity index (χ1n) is 9.69. The maximum atomic E-state index is 12.4. The summed E-state index contributed by atoms with van der Waals surface area (Å²) in [6.45, 7) is 9.82. The third kappa shape index (κ3) is 5.62. The molecule has 28 heavy (non-hydrogen) atoms. The van der Waals surface area contributed by atoms with E-state index in [2.05, 4.69) is 15.2 Å². The summed E-state index contributed by atoms with van der Waals surface area (Å²) in [5, 5.41) is 5.86. The van der Waals surface area contributed by atoms with Gasteiger partial charge < -0.3 is 10.2 Å². The summed E-state index contributed by atoms with van der Waals surface area (Å²) < 4.78 is 0. The lowest BCUT2D eigenvalue weighted by Gasteiger charge is -2.20. The first-order valence-corrected chi connectivity index (χ1v) is 10.6. The van der Waals surface area contributed by atoms with Crippen LogP contribution in [0.25, 0.3) is 0 Å². The summed E-state index contributed by atoms with van der Waals surface area (Å²) >= 11 is 1.53. The van der Waals surface area contributed by atoms with Crippen molar-refractivity contribution in [1.29, 1.82) is 0 Å². The standard InChI is InChI=1S/C21H28N4O2S/c1-15-5-6-16(2)19(11-15)23-20(27)12-21-22-18(14-28-21)13-24-7-4-8-25(10-9-24)17(3)26/h5-6,11,14H,4,7-10,12-13H2,1-3H3,(H,23,27). The molecule has 1 N–H and O–H groups in total. The van der Waals surface area contributed by atoms with Crippen LogP contribution in [0.4, 0.5) is 5.69 Å². The molecule has 0 atom stereocenters. The van der Waals surface area contributed by atoms with Crippen LogP contribution in [-0.2, 0) is 22.6 Å². The van der Waals surface area contributed by atoms with Crippen LogP contribution in [0.2, 0.25) is 0 Å². The molecule has 1 aromatic heterocycles. The number of carbonyl (C=O) groups is 2. The summed E-state index contributed by atoms with van der Waals surface area (Å²) in [5.41, 5.74) is 4.04. The predicted octanol–water partition coefficient (Wildman–Crippen LogP) is 3.00. The van der Waals surface area contributed by atoms with Crippen molar-refractivity contribution in [3.63, 3.8) is 0 Å². The van der Waals surface area contributed by atoms with Crippen molar-refractivity contribution in [1.82, 2.24) is 14.8 Å². The Morgan fingerprint density at radius 1 is 1.18 bits per heavy atom. The lowest BCUT2D eigenvalue weighted by atomic mass is 10.1. The Labute approximate surface area is 170 Å². The normalized spacial score (nSPS) is 15.3. The molecular formula is C21H28N4O2S. The molecule has 2 heterocycles. The molecule has 0 unspecified atom stereocenters. The molecule has 1 aliphatic rings. The fraction of sp³-hybridized carbons (Fsp3) is 0.476. The van der Waals surface area contributed by atoms with Gasteiger partial charge in [0.05, 0.1) is 12.1 Å². The van der Waals surface area contributed by atoms with E-state index in [1.807, 2.05) is 42.3 Å². The Bertz CT molecular complexity index is 849. The first kappa shape index (κ1) is 20.5. The number of benzene rings is 1. The molecule has 0 bridgehead atoms. The largest absolute Gasteiger partial charge is 0.342 e. The van der Waals surface area contributed by atoms with E-state index in [9.17, 15) is 9.59 Å². The van der Waals surface area contributed by atoms with Crippen molar-refractivity contribution in [2.24, 2.45) is 0 Å². The Balaban J connectivity index is 1.53. The van der Waals surface area contributed by atoms with Gasteiger partial charge in [0.25, 0.3) is 0 Å². The number of hydrogen-bond acceptors (Lipinski definition) is 5. The number of hydrogen-bond donors (Lipinski definition) is 1. The lowest BCUT2D eigenvalue weighted by molar-refractivity contribution is -0.128. The summed E-state index contributed by atoms with van der Waals surface area (Å²) in [7, 11) is 0. The zero-order valence-corrected chi connectivity index (χ0v) is 17.6. The highest BCUT2D eigenvalue weighted by atomic mass is 32.1. The maximum Gasteiger partial charge on any atom is 0.231 e. The van der Waals surface area contributed by atoms with E-state index < -0.39 is 0 Å². The quantitative estimate of drug-likeness (QED) is 0.838. The van der Waals surface area contributed by atoms with Crippen molar-refractivity contribution in [3.8, 4) is 0 Å². The third-order valence-corrected chi connectivity index (χ3v) is 5.90. The Morgan fingerprint density at radius 2 is 2.00 bits per heavy atom. The van der Waals surface area contributed by atoms with Gasteiger partial charge >= 0.3 is 0 Å². The molecule has 7 heteroatoms. The monoisotopic (exact) mass is 400 g/mol. The van der Waals surface area contributed by atoms with Gasteiger partial charge in [-0.1, -0.05) is 12.1 Å². The molecule has 0 radical (unpaired) electrons. The number of amides is 2. The van der Waals surface area contributed by atoms with Gasteiger partial charge in [-0.25, -0.2) is 4.98 Å². The molecule has 0 aliphatic carbocycles. The second-order valence-electron chi connectivity index (χ2n) is 7.41. The molecule has 2 amide bonds. The number of nitrogens with zero attached hydrogens (tertiary/aromatic N) is 3. The minimum atomic E-state index is -0.0403. The van der Waals surface area contributed by atoms with Crippen molar-refractivity contribution in [2.75, 3.05) is 31.5 Å². The zero-order valence-electron chi connectivity index (χ0n) is 16.8. The fourth-order valence-corrected chi connectivity index (χ4v) is 4.16. The first-order chi connectivity index (χ1) is 13.4. The van der Waals surface area contributed by atoms with Crippen LogP contribution in [0, 0.1) is 13.8 Å². The van der Waals surface area contributed by atoms with E-state index in [4.69, 9.17) is 0 Å². The van der Waals surface area contributed by atoms with Crippen LogP contribution in [0.5, 0.6) is 0 Å². The highest BCUT2D eigenvalue weighted by molar-refractivity contribution is 7.09. The molecule has 3 rings (SSSR count). The molecule has 0 spiro atoms. The third-order valence-electron chi connectivity index (χ3n) is 5.00. The average molecular weight is 401 g/mol. The summed E-state index contributed by atoms with van der Waals surface area (Å²) in [4.78, 5) is 32.8. The molecule has 150 valence electrons. The van der Waals surface area contributed by atoms with E-state index in [0.29, 0.717) is 0 Å². The lowest BCUT2D eigenvalue weighted by Crippen LogP contribution is -2.33. The van der Waals surface area contributed by atoms with E-state index in [1.165, 1.54) is 11.3 Å². The van der Waals surface area contributed by atoms with Gasteiger partial charge in [-0.3, -0.25) is 14.5 Å². The Kier molecular flexibility index (Phi) is 6.80. The van der Waals surface area contributed by atoms with Gasteiger partial charge in [0.1, 0.15) is 5.01 Å². The zero-order chi connectivity index (χ0) is 20.1. The van der Waals surface area contributed by atoms with Crippen molar-refractivity contribution in [2.45, 2.75) is 40.2 Å². The second-order valence-corrected chi connectivity index (χ2v) is 8.35. The van der Waals surface area contributed by atoms with E-state index >= 15 is 0 Å². The highest BCUT2D eigenvalue weighted by Gasteiger charge is 2.18. The van der Waals surface area contributed by atoms with Crippen molar-refractivity contribution in [3.05, 3.63) is 45.4 Å². The molecule has 6 nitrogen and oxygen atoms in total. The molecule has 1 aromatic carbocycles. The number of thiazole rings is 1. The van der Waals surface area contributed by atoms with Gasteiger partial charge in [-0.05, 0) is 37.5 Å². The van der Waals surface area contributed by atoms with E-state index in [1.54, 1.807) is 6.92 Å². The van der Waals surface area contributed by atoms with Gasteiger partial charge in [-0.15, -0.1) is 11.3 Å². The second kappa shape index (κ2) is 9.30. The smallest absolute Gasteiger partial charge is 0.231 e. The topological polar surface area (TPSA) is 65.5 Å². The summed E-state index contributed by atoms with van der Waals surface area (Å²) in [6.07, 6.45) is 1.27. The molecule has 1 saturated heterocycles. The van der Waals surface area contributed by atoms with Crippen molar-refractivity contribution >= 4 is 28.8 Å². The maximum absolute atomic E-state index is 12.4. The number of nitrogens with one attached hydrogen (secondary N) is 1. The average Bonchev–Trinajstić information content (AvgIpc) is 2.92. The van der Waals surface area contributed by atoms with E-state index in [-0.39, 0.29) is 18.2 Å². The highest BCUT2D eigenvalue weighted by Crippen LogP contribution is 2.18. The summed E-state index contributed by atoms with van der Waals surface area (Å²) in [5.74, 6) is 0.106. The Hall–Kier alpha value is -2.25. The summed E-state index contributed by atoms with van der Waals surface area (Å²) in [6, 6.07) is 6.04. The number of aryl methyl sites for hydroxylation is 2. The molecule has 1 aliphatic heterocycles. The van der Waals surface area contributed by atoms with Gasteiger partial charge in [0.15, 0.2) is 0 Å². The molecule has 1 fully saturated rings. The number of carbonyl (C=O) groups excluding carboxylic acids is 2. The SMILES string of the molecule is CC(=O)N1CCCN(Cc2csc(CC(=O)Nc3cc(C)ccc3C)n2)CC1. The Morgan fingerprint density at radius 3 is 2.79 bits per heavy atom. The number of aromatic nitrogens is 1. The van der Waals surface area contributed by atoms with Crippen LogP contribution in [0.15, 0.2) is 23.6 Å². The molecular weight excluding hydrogens is 372 g/mol. The minimum Gasteiger partial charge on any atom is -0.342 e. The van der Waals surface area contributed by atoms with Gasteiger partial charge in [0.2, 0.25) is 11.8 Å². The van der Waals surface area contributed by atoms with Crippen molar-refractivity contribution < 1.29 is 9.59 Å². The molecule has 0 saturated carbocycles. The van der Waals surface area contributed by atoms with Crippen LogP contribution in [0.3, 0.4) is 0 Å². The number of anilines is 1. The fourth-order valence-electron chi connectivity index (χ4n) is 3.38.